The van der Waals surface area contributed by atoms with Gasteiger partial charge >= 0.3 is 36.5 Å². The number of amides is 2. The van der Waals surface area contributed by atoms with E-state index in [4.69, 9.17) is 66.5 Å². The van der Waals surface area contributed by atoms with Crippen LogP contribution in [0.5, 0.6) is 23.0 Å². The highest BCUT2D eigenvalue weighted by Gasteiger charge is 2.49. The molecule has 6 saturated heterocycles. The van der Waals surface area contributed by atoms with E-state index in [1.54, 1.807) is 38.2 Å². The van der Waals surface area contributed by atoms with Crippen molar-refractivity contribution < 1.29 is 121 Å². The third-order valence-corrected chi connectivity index (χ3v) is 17.2. The molecule has 0 aliphatic carbocycles. The fraction of sp³-hybridized carbons (Fsp3) is 0.606. The number of aliphatic carboxylic acids is 2. The minimum atomic E-state index is -5.19. The van der Waals surface area contributed by atoms with Gasteiger partial charge in [-0.3, -0.25) is 9.59 Å². The number of halogens is 6. The number of carboxylic acid groups (broad SMARTS) is 2. The lowest BCUT2D eigenvalue weighted by atomic mass is 9.83. The largest absolute Gasteiger partial charge is 0.542 e. The van der Waals surface area contributed by atoms with Crippen molar-refractivity contribution in [3.8, 4) is 23.0 Å². The number of unbranched alkanes of at least 4 members (excludes halogenated alkanes) is 2. The van der Waals surface area contributed by atoms with Crippen LogP contribution in [0.25, 0.3) is 0 Å². The number of carboxylic acids is 2. The molecule has 10 rings (SSSR count). The smallest absolute Gasteiger partial charge is 0.430 e. The minimum Gasteiger partial charge on any atom is -0.542 e. The highest BCUT2D eigenvalue weighted by molar-refractivity contribution is 5.71. The van der Waals surface area contributed by atoms with E-state index in [0.29, 0.717) is 99.9 Å². The van der Waals surface area contributed by atoms with E-state index < -0.39 is 24.3 Å². The molecule has 0 radical (unpaired) electrons. The second-order valence-electron chi connectivity index (χ2n) is 23.8. The molecule has 0 N–H and O–H groups in total. The maximum atomic E-state index is 13.6. The zero-order valence-corrected chi connectivity index (χ0v) is 54.9. The van der Waals surface area contributed by atoms with E-state index in [1.165, 1.54) is 0 Å². The third kappa shape index (κ3) is 24.5. The third-order valence-electron chi connectivity index (χ3n) is 17.2. The molecule has 2 amide bonds. The lowest BCUT2D eigenvalue weighted by molar-refractivity contribution is -0.946. The average Bonchev–Trinajstić information content (AvgIpc) is 0.917. The van der Waals surface area contributed by atoms with Crippen molar-refractivity contribution in [1.29, 1.82) is 0 Å². The van der Waals surface area contributed by atoms with Gasteiger partial charge in [0.15, 0.2) is 35.2 Å². The maximum Gasteiger partial charge on any atom is 0.430 e. The maximum absolute atomic E-state index is 13.6. The molecule has 28 heteroatoms. The number of rotatable bonds is 28. The molecular weight excluding hydrogens is 1250 g/mol. The van der Waals surface area contributed by atoms with Gasteiger partial charge in [0, 0.05) is 63.5 Å². The number of piperidine rings is 6. The minimum absolute atomic E-state index is 0.0954. The van der Waals surface area contributed by atoms with Gasteiger partial charge in [-0.25, -0.2) is 9.59 Å². The quantitative estimate of drug-likeness (QED) is 0.0169. The summed E-state index contributed by atoms with van der Waals surface area (Å²) in [5.74, 6) is 0.343. The fourth-order valence-electron chi connectivity index (χ4n) is 12.2. The SMILES string of the molecule is CCOC(=O)CCCC[N+]12CCC(CC1)[C@@H](OC(=O)N(CCc1ccc(OC)c(OC)c1)Cc1ccc(C)o1)C2.CCOC(=O)CCCC[N+]12CCC(CC1)[C@@H](OC(=O)N(CCc1ccc(OC)c(OC)c1)Cc1ccc(C)o1)C2.O=C([O-])C(F)(F)F.O=C([O-])C(F)(F)F. The Labute approximate surface area is 544 Å². The summed E-state index contributed by atoms with van der Waals surface area (Å²) < 4.78 is 121. The molecule has 2 aromatic heterocycles. The molecule has 4 aromatic rings. The molecule has 4 bridgehead atoms. The van der Waals surface area contributed by atoms with E-state index in [-0.39, 0.29) is 36.3 Å². The van der Waals surface area contributed by atoms with Gasteiger partial charge in [0.2, 0.25) is 0 Å². The molecule has 0 spiro atoms. The number of quaternary nitrogens is 2. The number of methoxy groups -OCH3 is 4. The highest BCUT2D eigenvalue weighted by Crippen LogP contribution is 2.39. The molecule has 94 heavy (non-hydrogen) atoms. The van der Waals surface area contributed by atoms with Crippen LogP contribution in [0.3, 0.4) is 0 Å². The summed E-state index contributed by atoms with van der Waals surface area (Å²) in [6, 6.07) is 19.3. The average molecular weight is 1340 g/mol. The van der Waals surface area contributed by atoms with Crippen molar-refractivity contribution in [2.24, 2.45) is 11.8 Å². The normalized spacial score (nSPS) is 20.1. The molecule has 6 aliphatic rings. The van der Waals surface area contributed by atoms with Crippen LogP contribution in [-0.2, 0) is 64.1 Å². The molecule has 22 nitrogen and oxygen atoms in total. The molecule has 2 atom stereocenters. The molecule has 524 valence electrons. The van der Waals surface area contributed by atoms with Crippen molar-refractivity contribution in [3.05, 3.63) is 94.8 Å². The molecule has 0 unspecified atom stereocenters. The summed E-state index contributed by atoms with van der Waals surface area (Å²) >= 11 is 0. The first kappa shape index (κ1) is 76.8. The number of ether oxygens (including phenoxy) is 8. The number of carbonyl (C=O) groups excluding carboxylic acids is 6. The van der Waals surface area contributed by atoms with Gasteiger partial charge in [-0.2, -0.15) is 26.3 Å². The number of alkyl halides is 6. The van der Waals surface area contributed by atoms with Gasteiger partial charge < -0.3 is 85.3 Å². The highest BCUT2D eigenvalue weighted by atomic mass is 19.4. The number of aryl methyl sites for hydroxylation is 2. The Morgan fingerprint density at radius 2 is 0.862 bits per heavy atom. The summed E-state index contributed by atoms with van der Waals surface area (Å²) in [6.45, 7) is 18.2. The van der Waals surface area contributed by atoms with Gasteiger partial charge in [0.25, 0.3) is 0 Å². The van der Waals surface area contributed by atoms with E-state index in [1.807, 2.05) is 88.4 Å². The number of nitrogens with zero attached hydrogens (tertiary/aromatic N) is 4. The van der Waals surface area contributed by atoms with Crippen molar-refractivity contribution in [3.63, 3.8) is 0 Å². The summed E-state index contributed by atoms with van der Waals surface area (Å²) in [5.41, 5.74) is 2.09. The summed E-state index contributed by atoms with van der Waals surface area (Å²) in [7, 11) is 6.47. The van der Waals surface area contributed by atoms with Gasteiger partial charge in [0.05, 0.1) is 94.0 Å². The van der Waals surface area contributed by atoms with Crippen LogP contribution < -0.4 is 29.2 Å². The predicted octanol–water partition coefficient (Wildman–Crippen LogP) is 8.86. The number of carbonyl (C=O) groups is 6. The Bertz CT molecular complexity index is 2850. The van der Waals surface area contributed by atoms with Crippen molar-refractivity contribution in [1.82, 2.24) is 9.80 Å². The van der Waals surface area contributed by atoms with Crippen molar-refractivity contribution in [2.45, 2.75) is 142 Å². The molecule has 0 saturated carbocycles. The summed E-state index contributed by atoms with van der Waals surface area (Å²) in [5, 5.41) is 17.6. The van der Waals surface area contributed by atoms with Gasteiger partial charge in [-0.05, 0) is 126 Å². The Kier molecular flexibility index (Phi) is 30.0. The second kappa shape index (κ2) is 36.7. The van der Waals surface area contributed by atoms with Gasteiger partial charge in [0.1, 0.15) is 48.1 Å². The zero-order valence-electron chi connectivity index (χ0n) is 54.9. The van der Waals surface area contributed by atoms with E-state index >= 15 is 0 Å². The number of hydrogen-bond donors (Lipinski definition) is 0. The van der Waals surface area contributed by atoms with Crippen LogP contribution in [0, 0.1) is 25.7 Å². The second-order valence-corrected chi connectivity index (χ2v) is 23.8. The van der Waals surface area contributed by atoms with Gasteiger partial charge in [-0.15, -0.1) is 0 Å². The number of benzene rings is 2. The van der Waals surface area contributed by atoms with Crippen molar-refractivity contribution >= 4 is 36.1 Å². The molecular formula is C66H90F6N4O18. The van der Waals surface area contributed by atoms with E-state index in [2.05, 4.69) is 0 Å². The Balaban J connectivity index is 0.000000283. The number of hydrogen-bond acceptors (Lipinski definition) is 18. The van der Waals surface area contributed by atoms with E-state index in [9.17, 15) is 45.5 Å². The van der Waals surface area contributed by atoms with Crippen molar-refractivity contribution in [2.75, 3.05) is 107 Å². The molecule has 6 aliphatic heterocycles. The van der Waals surface area contributed by atoms with Crippen LogP contribution in [0.15, 0.2) is 69.5 Å². The van der Waals surface area contributed by atoms with Gasteiger partial charge in [-0.1, -0.05) is 12.1 Å². The summed E-state index contributed by atoms with van der Waals surface area (Å²) in [6.07, 6.45) is -1.07. The monoisotopic (exact) mass is 1340 g/mol. The van der Waals surface area contributed by atoms with Crippen LogP contribution in [-0.4, -0.2) is 186 Å². The standard InChI is InChI=1S/2C31H45N2O7.2C2HF3O2/c2*1-5-38-30(34)8-6-7-17-33-18-14-25(15-19-33)29(22-33)40-31(35)32(21-26-11-9-23(2)39-26)16-13-24-10-12-27(36-3)28(20-24)37-4;2*3-2(4,5)1(6)7/h2*9-12,20,25,29H,5-8,13-19,21-22H2,1-4H3;2*(H,6,7)/q2*+1;;/p-2/t2*25?,29-,33?;;/m00../s1. The fourth-order valence-corrected chi connectivity index (χ4v) is 12.2. The molecule has 8 heterocycles. The number of furan rings is 2. The molecule has 6 fully saturated rings. The topological polar surface area (TPSA) is 255 Å². The Hall–Kier alpha value is -7.88. The predicted molar refractivity (Wildman–Crippen MR) is 323 cm³/mol. The lowest BCUT2D eigenvalue weighted by Crippen LogP contribution is -2.65. The first-order valence-electron chi connectivity index (χ1n) is 31.6. The first-order chi connectivity index (χ1) is 44.6. The molecule has 2 aromatic carbocycles. The van der Waals surface area contributed by atoms with Crippen LogP contribution >= 0.6 is 0 Å². The number of fused-ring (bicyclic) bond motifs is 6. The lowest BCUT2D eigenvalue weighted by Gasteiger charge is -2.52. The number of esters is 2. The van der Waals surface area contributed by atoms with E-state index in [0.717, 1.165) is 147 Å². The van der Waals surface area contributed by atoms with Crippen LogP contribution in [0.2, 0.25) is 0 Å². The summed E-state index contributed by atoms with van der Waals surface area (Å²) in [4.78, 5) is 71.7. The Morgan fingerprint density at radius 3 is 1.15 bits per heavy atom. The first-order valence-corrected chi connectivity index (χ1v) is 31.6. The van der Waals surface area contributed by atoms with Crippen LogP contribution in [0.4, 0.5) is 35.9 Å². The Morgan fingerprint density at radius 1 is 0.521 bits per heavy atom. The van der Waals surface area contributed by atoms with Crippen LogP contribution in [0.1, 0.15) is 112 Å². The zero-order chi connectivity index (χ0) is 69.2.